The van der Waals surface area contributed by atoms with Crippen LogP contribution in [-0.4, -0.2) is 55.7 Å². The fourth-order valence-electron chi connectivity index (χ4n) is 4.13. The summed E-state index contributed by atoms with van der Waals surface area (Å²) in [6, 6.07) is 18.8. The van der Waals surface area contributed by atoms with Gasteiger partial charge in [-0.1, -0.05) is 66.7 Å². The first-order valence-corrected chi connectivity index (χ1v) is 12.6. The summed E-state index contributed by atoms with van der Waals surface area (Å²) >= 11 is 0. The first kappa shape index (κ1) is 28.5. The SMILES string of the molecule is C=CCCCOC1O[C@H](COC(C)=O)[C@@H](OCc2ccccc2)[C@H](OCc2ccccc2)[C@H]1NC(C)=O. The van der Waals surface area contributed by atoms with Crippen molar-refractivity contribution in [3.05, 3.63) is 84.4 Å². The van der Waals surface area contributed by atoms with Crippen molar-refractivity contribution in [2.75, 3.05) is 13.2 Å². The van der Waals surface area contributed by atoms with Crippen molar-refractivity contribution in [2.45, 2.75) is 70.5 Å². The Kier molecular flexibility index (Phi) is 11.8. The van der Waals surface area contributed by atoms with Gasteiger partial charge in [-0.25, -0.2) is 0 Å². The fourth-order valence-corrected chi connectivity index (χ4v) is 4.13. The van der Waals surface area contributed by atoms with E-state index >= 15 is 0 Å². The molecule has 0 spiro atoms. The van der Waals surface area contributed by atoms with Gasteiger partial charge in [0.25, 0.3) is 0 Å². The zero-order valence-corrected chi connectivity index (χ0v) is 21.5. The van der Waals surface area contributed by atoms with E-state index in [0.29, 0.717) is 6.61 Å². The molecule has 0 radical (unpaired) electrons. The highest BCUT2D eigenvalue weighted by Gasteiger charge is 2.49. The summed E-state index contributed by atoms with van der Waals surface area (Å²) in [4.78, 5) is 23.9. The maximum absolute atomic E-state index is 12.2. The van der Waals surface area contributed by atoms with Crippen LogP contribution < -0.4 is 5.32 Å². The lowest BCUT2D eigenvalue weighted by molar-refractivity contribution is -0.288. The summed E-state index contributed by atoms with van der Waals surface area (Å²) in [5.41, 5.74) is 1.94. The van der Waals surface area contributed by atoms with E-state index < -0.39 is 36.6 Å². The highest BCUT2D eigenvalue weighted by Crippen LogP contribution is 2.29. The van der Waals surface area contributed by atoms with Crippen LogP contribution >= 0.6 is 0 Å². The molecule has 8 nitrogen and oxygen atoms in total. The minimum absolute atomic E-state index is 0.0424. The van der Waals surface area contributed by atoms with Crippen molar-refractivity contribution in [3.8, 4) is 0 Å². The summed E-state index contributed by atoms with van der Waals surface area (Å²) in [6.45, 7) is 7.45. The number of hydrogen-bond donors (Lipinski definition) is 1. The van der Waals surface area contributed by atoms with Crippen LogP contribution in [0, 0.1) is 0 Å². The number of unbranched alkanes of at least 4 members (excludes halogenated alkanes) is 1. The highest BCUT2D eigenvalue weighted by molar-refractivity contribution is 5.73. The van der Waals surface area contributed by atoms with E-state index in [9.17, 15) is 9.59 Å². The summed E-state index contributed by atoms with van der Waals surface area (Å²) < 4.78 is 30.4. The van der Waals surface area contributed by atoms with Gasteiger partial charge < -0.3 is 29.0 Å². The number of hydrogen-bond acceptors (Lipinski definition) is 7. The molecule has 200 valence electrons. The molecular formula is C29H37NO7. The smallest absolute Gasteiger partial charge is 0.302 e. The van der Waals surface area contributed by atoms with Gasteiger partial charge in [-0.15, -0.1) is 6.58 Å². The molecule has 0 bridgehead atoms. The average Bonchev–Trinajstić information content (AvgIpc) is 2.90. The minimum Gasteiger partial charge on any atom is -0.463 e. The van der Waals surface area contributed by atoms with Crippen LogP contribution in [0.3, 0.4) is 0 Å². The van der Waals surface area contributed by atoms with Crippen LogP contribution in [-0.2, 0) is 46.5 Å². The standard InChI is InChI=1S/C29H37NO7/c1-4-5-12-17-33-29-26(30-21(2)31)28(36-19-24-15-10-7-11-16-24)27(25(37-29)20-34-22(3)32)35-18-23-13-8-6-9-14-23/h4,6-11,13-16,25-29H,1,5,12,17-20H2,2-3H3,(H,30,31)/t25-,26-,27-,28-,29?/m1/s1. The second-order valence-corrected chi connectivity index (χ2v) is 8.90. The van der Waals surface area contributed by atoms with Crippen LogP contribution in [0.2, 0.25) is 0 Å². The number of benzene rings is 2. The van der Waals surface area contributed by atoms with Crippen molar-refractivity contribution < 1.29 is 33.3 Å². The number of rotatable bonds is 14. The third-order valence-electron chi connectivity index (χ3n) is 5.87. The Bertz CT molecular complexity index is 969. The number of amides is 1. The van der Waals surface area contributed by atoms with E-state index in [1.54, 1.807) is 0 Å². The predicted molar refractivity (Wildman–Crippen MR) is 138 cm³/mol. The summed E-state index contributed by atoms with van der Waals surface area (Å²) in [7, 11) is 0. The molecule has 37 heavy (non-hydrogen) atoms. The van der Waals surface area contributed by atoms with Gasteiger partial charge in [-0.3, -0.25) is 9.59 Å². The first-order valence-electron chi connectivity index (χ1n) is 12.6. The molecule has 2 aromatic rings. The lowest BCUT2D eigenvalue weighted by Gasteiger charge is -2.46. The van der Waals surface area contributed by atoms with E-state index in [1.807, 2.05) is 66.7 Å². The van der Waals surface area contributed by atoms with Crippen LogP contribution in [0.4, 0.5) is 0 Å². The Morgan fingerprint density at radius 2 is 1.51 bits per heavy atom. The molecule has 2 aromatic carbocycles. The van der Waals surface area contributed by atoms with E-state index in [-0.39, 0.29) is 25.7 Å². The van der Waals surface area contributed by atoms with Gasteiger partial charge in [0.1, 0.15) is 31.0 Å². The Hall–Kier alpha value is -3.04. The molecule has 1 N–H and O–H groups in total. The fraction of sp³-hybridized carbons (Fsp3) is 0.448. The van der Waals surface area contributed by atoms with E-state index in [2.05, 4.69) is 11.9 Å². The molecule has 1 heterocycles. The van der Waals surface area contributed by atoms with Crippen LogP contribution in [0.15, 0.2) is 73.3 Å². The third kappa shape index (κ3) is 9.40. The van der Waals surface area contributed by atoms with E-state index in [4.69, 9.17) is 23.7 Å². The number of allylic oxidation sites excluding steroid dienone is 1. The predicted octanol–water partition coefficient (Wildman–Crippen LogP) is 3.93. The van der Waals surface area contributed by atoms with Gasteiger partial charge in [-0.2, -0.15) is 0 Å². The van der Waals surface area contributed by atoms with Crippen molar-refractivity contribution in [2.24, 2.45) is 0 Å². The Labute approximate surface area is 218 Å². The normalized spacial score (nSPS) is 23.2. The van der Waals surface area contributed by atoms with Crippen molar-refractivity contribution in [1.82, 2.24) is 5.32 Å². The number of ether oxygens (including phenoxy) is 5. The maximum atomic E-state index is 12.2. The molecule has 0 aromatic heterocycles. The van der Waals surface area contributed by atoms with Crippen LogP contribution in [0.1, 0.15) is 37.8 Å². The molecule has 1 aliphatic heterocycles. The molecule has 1 amide bonds. The topological polar surface area (TPSA) is 92.3 Å². The van der Waals surface area contributed by atoms with E-state index in [1.165, 1.54) is 13.8 Å². The lowest BCUT2D eigenvalue weighted by Crippen LogP contribution is -2.66. The van der Waals surface area contributed by atoms with Gasteiger partial charge in [0.2, 0.25) is 5.91 Å². The maximum Gasteiger partial charge on any atom is 0.302 e. The quantitative estimate of drug-likeness (QED) is 0.233. The monoisotopic (exact) mass is 511 g/mol. The largest absolute Gasteiger partial charge is 0.463 e. The summed E-state index contributed by atoms with van der Waals surface area (Å²) in [5, 5.41) is 2.95. The van der Waals surface area contributed by atoms with Crippen molar-refractivity contribution in [3.63, 3.8) is 0 Å². The molecule has 1 fully saturated rings. The zero-order chi connectivity index (χ0) is 26.5. The zero-order valence-electron chi connectivity index (χ0n) is 21.5. The van der Waals surface area contributed by atoms with Gasteiger partial charge in [0.15, 0.2) is 6.29 Å². The number of esters is 1. The van der Waals surface area contributed by atoms with Gasteiger partial charge >= 0.3 is 5.97 Å². The average molecular weight is 512 g/mol. The number of nitrogens with one attached hydrogen (secondary N) is 1. The molecule has 1 unspecified atom stereocenters. The molecule has 0 aliphatic carbocycles. The van der Waals surface area contributed by atoms with Crippen molar-refractivity contribution in [1.29, 1.82) is 0 Å². The minimum atomic E-state index is -0.827. The van der Waals surface area contributed by atoms with Crippen molar-refractivity contribution >= 4 is 11.9 Å². The highest BCUT2D eigenvalue weighted by atomic mass is 16.7. The molecular weight excluding hydrogens is 474 g/mol. The molecule has 3 rings (SSSR count). The third-order valence-corrected chi connectivity index (χ3v) is 5.87. The molecule has 5 atom stereocenters. The Morgan fingerprint density at radius 1 is 0.919 bits per heavy atom. The first-order chi connectivity index (χ1) is 18.0. The van der Waals surface area contributed by atoms with E-state index in [0.717, 1.165) is 24.0 Å². The number of carbonyl (C=O) groups excluding carboxylic acids is 2. The Balaban J connectivity index is 1.89. The number of carbonyl (C=O) groups is 2. The Morgan fingerprint density at radius 3 is 2.05 bits per heavy atom. The second-order valence-electron chi connectivity index (χ2n) is 8.90. The van der Waals surface area contributed by atoms with Crippen LogP contribution in [0.5, 0.6) is 0 Å². The lowest BCUT2D eigenvalue weighted by atomic mass is 9.95. The molecule has 1 aliphatic rings. The molecule has 0 saturated carbocycles. The van der Waals surface area contributed by atoms with Crippen LogP contribution in [0.25, 0.3) is 0 Å². The van der Waals surface area contributed by atoms with Gasteiger partial charge in [0.05, 0.1) is 19.8 Å². The summed E-state index contributed by atoms with van der Waals surface area (Å²) in [6.07, 6.45) is 0.535. The van der Waals surface area contributed by atoms with Gasteiger partial charge in [-0.05, 0) is 24.0 Å². The molecule has 8 heteroatoms. The van der Waals surface area contributed by atoms with Gasteiger partial charge in [0, 0.05) is 13.8 Å². The second kappa shape index (κ2) is 15.3. The molecule has 1 saturated heterocycles. The summed E-state index contributed by atoms with van der Waals surface area (Å²) in [5.74, 6) is -0.679.